The minimum atomic E-state index is -0.288. The Hall–Kier alpha value is -2.01. The maximum atomic E-state index is 12.8. The van der Waals surface area contributed by atoms with Gasteiger partial charge in [-0.1, -0.05) is 53.6 Å². The number of ketones is 1. The van der Waals surface area contributed by atoms with Crippen LogP contribution < -0.4 is 0 Å². The van der Waals surface area contributed by atoms with Gasteiger partial charge in [0.05, 0.1) is 5.92 Å². The molecule has 1 nitrogen and oxygen atoms in total. The van der Waals surface area contributed by atoms with E-state index in [1.807, 2.05) is 37.3 Å². The van der Waals surface area contributed by atoms with Crippen LogP contribution in [-0.2, 0) is 4.79 Å². The van der Waals surface area contributed by atoms with Crippen LogP contribution in [0.3, 0.4) is 0 Å². The minimum absolute atomic E-state index is 0.121. The third-order valence-corrected chi connectivity index (χ3v) is 5.35. The van der Waals surface area contributed by atoms with Crippen LogP contribution >= 0.6 is 23.2 Å². The highest BCUT2D eigenvalue weighted by molar-refractivity contribution is 6.36. The van der Waals surface area contributed by atoms with Crippen LogP contribution in [0.4, 0.5) is 0 Å². The van der Waals surface area contributed by atoms with Gasteiger partial charge in [-0.05, 0) is 48.2 Å². The van der Waals surface area contributed by atoms with Gasteiger partial charge in [0.1, 0.15) is 5.78 Å². The first-order chi connectivity index (χ1) is 11.9. The molecular formula is C22H18Cl2O. The first-order valence-corrected chi connectivity index (χ1v) is 8.88. The molecule has 1 saturated carbocycles. The number of Topliss-reactive ketones (excluding diaryl/α,β-unsaturated/α-hetero) is 1. The highest BCUT2D eigenvalue weighted by atomic mass is 35.5. The van der Waals surface area contributed by atoms with Crippen molar-refractivity contribution in [1.29, 1.82) is 0 Å². The Balaban J connectivity index is 2.05. The Morgan fingerprint density at radius 1 is 1.24 bits per heavy atom. The number of carbonyl (C=O) groups is 1. The second-order valence-corrected chi connectivity index (χ2v) is 7.34. The molecule has 2 aromatic rings. The van der Waals surface area contributed by atoms with Crippen LogP contribution in [0.15, 0.2) is 48.6 Å². The molecule has 2 unspecified atom stereocenters. The number of halogens is 2. The third-order valence-electron chi connectivity index (χ3n) is 4.80. The Labute approximate surface area is 158 Å². The lowest BCUT2D eigenvalue weighted by Crippen LogP contribution is -2.13. The van der Waals surface area contributed by atoms with Gasteiger partial charge < -0.3 is 0 Å². The van der Waals surface area contributed by atoms with E-state index in [0.29, 0.717) is 22.9 Å². The molecule has 126 valence electrons. The predicted molar refractivity (Wildman–Crippen MR) is 105 cm³/mol. The molecule has 0 aliphatic heterocycles. The van der Waals surface area contributed by atoms with E-state index in [0.717, 1.165) is 27.8 Å². The number of allylic oxidation sites excluding steroid dienone is 1. The zero-order chi connectivity index (χ0) is 18.1. The topological polar surface area (TPSA) is 17.1 Å². The zero-order valence-corrected chi connectivity index (χ0v) is 15.5. The number of hydrogen-bond donors (Lipinski definition) is 0. The normalized spacial score (nSPS) is 19.9. The number of aryl methyl sites for hydroxylation is 1. The van der Waals surface area contributed by atoms with Crippen molar-refractivity contribution in [2.75, 3.05) is 0 Å². The van der Waals surface area contributed by atoms with E-state index in [1.165, 1.54) is 0 Å². The molecular weight excluding hydrogens is 351 g/mol. The average Bonchev–Trinajstić information content (AvgIpc) is 2.83. The van der Waals surface area contributed by atoms with Crippen molar-refractivity contribution in [2.24, 2.45) is 5.92 Å². The summed E-state index contributed by atoms with van der Waals surface area (Å²) in [5.74, 6) is 2.37. The number of terminal acetylenes is 1. The number of hydrogen-bond acceptors (Lipinski definition) is 1. The van der Waals surface area contributed by atoms with Gasteiger partial charge in [-0.2, -0.15) is 0 Å². The van der Waals surface area contributed by atoms with Crippen LogP contribution in [0.1, 0.15) is 29.9 Å². The van der Waals surface area contributed by atoms with E-state index in [2.05, 4.69) is 12.5 Å². The van der Waals surface area contributed by atoms with Crippen molar-refractivity contribution in [2.45, 2.75) is 25.7 Å². The number of rotatable bonds is 3. The van der Waals surface area contributed by atoms with E-state index in [-0.39, 0.29) is 17.6 Å². The maximum absolute atomic E-state index is 12.8. The molecule has 2 aromatic carbocycles. The molecule has 0 aromatic heterocycles. The first kappa shape index (κ1) is 17.8. The van der Waals surface area contributed by atoms with Gasteiger partial charge in [0.25, 0.3) is 0 Å². The molecule has 1 aliphatic rings. The lowest BCUT2D eigenvalue weighted by molar-refractivity contribution is -0.121. The third kappa shape index (κ3) is 3.38. The molecule has 3 rings (SSSR count). The average molecular weight is 369 g/mol. The molecule has 0 heterocycles. The number of benzene rings is 2. The zero-order valence-electron chi connectivity index (χ0n) is 14.0. The predicted octanol–water partition coefficient (Wildman–Crippen LogP) is 6.22. The largest absolute Gasteiger partial charge is 0.298 e. The molecule has 0 spiro atoms. The monoisotopic (exact) mass is 368 g/mol. The molecule has 2 atom stereocenters. The standard InChI is InChI=1S/C22H18Cl2O/c1-4-5-16-10-14(3)21(22(16)25)19-11-15(7-6-13(19)2)18-9-8-17(23)12-20(18)24/h1,6-9,11-12,16,21H,3,5,10H2,2H3. The van der Waals surface area contributed by atoms with Crippen molar-refractivity contribution in [3.63, 3.8) is 0 Å². The van der Waals surface area contributed by atoms with Crippen molar-refractivity contribution < 1.29 is 4.79 Å². The fraction of sp³-hybridized carbons (Fsp3) is 0.227. The highest BCUT2D eigenvalue weighted by Crippen LogP contribution is 2.42. The van der Waals surface area contributed by atoms with Gasteiger partial charge in [-0.25, -0.2) is 0 Å². The van der Waals surface area contributed by atoms with Crippen molar-refractivity contribution >= 4 is 29.0 Å². The summed E-state index contributed by atoms with van der Waals surface area (Å²) in [6, 6.07) is 11.5. The second-order valence-electron chi connectivity index (χ2n) is 6.50. The van der Waals surface area contributed by atoms with Gasteiger partial charge in [0.15, 0.2) is 0 Å². The fourth-order valence-electron chi connectivity index (χ4n) is 3.50. The molecule has 0 radical (unpaired) electrons. The summed E-state index contributed by atoms with van der Waals surface area (Å²) in [5.41, 5.74) is 4.84. The Morgan fingerprint density at radius 2 is 2.00 bits per heavy atom. The van der Waals surface area contributed by atoms with Gasteiger partial charge in [0.2, 0.25) is 0 Å². The summed E-state index contributed by atoms with van der Waals surface area (Å²) in [6.45, 7) is 6.15. The summed E-state index contributed by atoms with van der Waals surface area (Å²) >= 11 is 12.3. The quantitative estimate of drug-likeness (QED) is 0.464. The fourth-order valence-corrected chi connectivity index (χ4v) is 4.02. The van der Waals surface area contributed by atoms with Gasteiger partial charge in [-0.15, -0.1) is 12.3 Å². The van der Waals surface area contributed by atoms with E-state index in [9.17, 15) is 4.79 Å². The smallest absolute Gasteiger partial charge is 0.148 e. The molecule has 1 aliphatic carbocycles. The van der Waals surface area contributed by atoms with Gasteiger partial charge in [-0.3, -0.25) is 4.79 Å². The Kier molecular flexibility index (Phi) is 5.04. The highest BCUT2D eigenvalue weighted by Gasteiger charge is 2.38. The summed E-state index contributed by atoms with van der Waals surface area (Å²) in [6.07, 6.45) is 6.54. The van der Waals surface area contributed by atoms with Gasteiger partial charge in [0, 0.05) is 27.9 Å². The van der Waals surface area contributed by atoms with Crippen LogP contribution in [0.25, 0.3) is 11.1 Å². The van der Waals surface area contributed by atoms with E-state index in [4.69, 9.17) is 29.6 Å². The molecule has 25 heavy (non-hydrogen) atoms. The Morgan fingerprint density at radius 3 is 2.68 bits per heavy atom. The Bertz CT molecular complexity index is 905. The molecule has 0 saturated heterocycles. The van der Waals surface area contributed by atoms with E-state index >= 15 is 0 Å². The maximum Gasteiger partial charge on any atom is 0.148 e. The lowest BCUT2D eigenvalue weighted by atomic mass is 9.87. The van der Waals surface area contributed by atoms with Crippen LogP contribution in [0.2, 0.25) is 10.0 Å². The van der Waals surface area contributed by atoms with Gasteiger partial charge >= 0.3 is 0 Å². The van der Waals surface area contributed by atoms with Crippen LogP contribution in [-0.4, -0.2) is 5.78 Å². The van der Waals surface area contributed by atoms with E-state index < -0.39 is 0 Å². The van der Waals surface area contributed by atoms with Crippen molar-refractivity contribution in [3.05, 3.63) is 69.7 Å². The molecule has 1 fully saturated rings. The first-order valence-electron chi connectivity index (χ1n) is 8.13. The minimum Gasteiger partial charge on any atom is -0.298 e. The second kappa shape index (κ2) is 7.08. The molecule has 0 N–H and O–H groups in total. The summed E-state index contributed by atoms with van der Waals surface area (Å²) in [5, 5.41) is 1.18. The number of carbonyl (C=O) groups excluding carboxylic acids is 1. The lowest BCUT2D eigenvalue weighted by Gasteiger charge is -2.16. The summed E-state index contributed by atoms with van der Waals surface area (Å²) in [7, 11) is 0. The molecule has 0 bridgehead atoms. The summed E-state index contributed by atoms with van der Waals surface area (Å²) in [4.78, 5) is 12.8. The van der Waals surface area contributed by atoms with Crippen LogP contribution in [0.5, 0.6) is 0 Å². The summed E-state index contributed by atoms with van der Waals surface area (Å²) < 4.78 is 0. The van der Waals surface area contributed by atoms with E-state index in [1.54, 1.807) is 6.07 Å². The van der Waals surface area contributed by atoms with Crippen molar-refractivity contribution in [1.82, 2.24) is 0 Å². The molecule has 3 heteroatoms. The van der Waals surface area contributed by atoms with Crippen LogP contribution in [0, 0.1) is 25.2 Å². The van der Waals surface area contributed by atoms with Crippen molar-refractivity contribution in [3.8, 4) is 23.5 Å². The SMILES string of the molecule is C#CCC1CC(=C)C(c2cc(-c3ccc(Cl)cc3Cl)ccc2C)C1=O. The molecule has 0 amide bonds.